The van der Waals surface area contributed by atoms with Gasteiger partial charge in [-0.15, -0.1) is 0 Å². The van der Waals surface area contributed by atoms with E-state index in [9.17, 15) is 4.79 Å². The molecule has 2 heterocycles. The number of anilines is 1. The molecule has 3 aromatic rings. The third kappa shape index (κ3) is 7.22. The first-order chi connectivity index (χ1) is 18.1. The second-order valence-corrected chi connectivity index (χ2v) is 9.16. The predicted molar refractivity (Wildman–Crippen MR) is 143 cm³/mol. The van der Waals surface area contributed by atoms with Gasteiger partial charge in [0.05, 0.1) is 25.1 Å². The van der Waals surface area contributed by atoms with E-state index >= 15 is 0 Å². The summed E-state index contributed by atoms with van der Waals surface area (Å²) < 4.78 is 22.5. The van der Waals surface area contributed by atoms with Crippen LogP contribution in [0.4, 0.5) is 10.5 Å². The highest BCUT2D eigenvalue weighted by molar-refractivity contribution is 5.87. The van der Waals surface area contributed by atoms with Crippen LogP contribution in [0.5, 0.6) is 23.1 Å². The van der Waals surface area contributed by atoms with Crippen LogP contribution in [0.25, 0.3) is 10.9 Å². The van der Waals surface area contributed by atoms with E-state index in [1.54, 1.807) is 50.6 Å². The van der Waals surface area contributed by atoms with Crippen LogP contribution in [0.1, 0.15) is 45.4 Å². The first kappa shape index (κ1) is 26.5. The van der Waals surface area contributed by atoms with Crippen molar-refractivity contribution in [2.75, 3.05) is 39.2 Å². The van der Waals surface area contributed by atoms with Gasteiger partial charge in [0.2, 0.25) is 5.88 Å². The largest absolute Gasteiger partial charge is 0.493 e. The summed E-state index contributed by atoms with van der Waals surface area (Å²) in [6.07, 6.45) is 7.44. The molecule has 1 saturated heterocycles. The Morgan fingerprint density at radius 3 is 2.43 bits per heavy atom. The highest BCUT2D eigenvalue weighted by Gasteiger charge is 2.17. The summed E-state index contributed by atoms with van der Waals surface area (Å²) in [4.78, 5) is 23.6. The monoisotopic (exact) mass is 508 g/mol. The van der Waals surface area contributed by atoms with Gasteiger partial charge in [0.15, 0.2) is 11.5 Å². The molecule has 0 bridgehead atoms. The van der Waals surface area contributed by atoms with E-state index in [0.717, 1.165) is 38.9 Å². The molecule has 1 atom stereocenters. The minimum atomic E-state index is -0.436. The summed E-state index contributed by atoms with van der Waals surface area (Å²) in [5, 5.41) is 3.52. The minimum Gasteiger partial charge on any atom is -0.493 e. The summed E-state index contributed by atoms with van der Waals surface area (Å²) in [5.74, 6) is 2.10. The number of nitrogens with one attached hydrogen (secondary N) is 1. The average molecular weight is 509 g/mol. The van der Waals surface area contributed by atoms with E-state index in [1.165, 1.54) is 25.6 Å². The molecule has 0 saturated carbocycles. The van der Waals surface area contributed by atoms with Gasteiger partial charge < -0.3 is 23.8 Å². The molecule has 37 heavy (non-hydrogen) atoms. The first-order valence-corrected chi connectivity index (χ1v) is 12.9. The summed E-state index contributed by atoms with van der Waals surface area (Å²) in [6.45, 7) is 5.37. The van der Waals surface area contributed by atoms with Crippen LogP contribution < -0.4 is 19.5 Å². The Hall–Kier alpha value is -3.59. The van der Waals surface area contributed by atoms with Crippen molar-refractivity contribution in [1.82, 2.24) is 14.9 Å². The standard InChI is InChI=1S/C28H36N4O5/c1-4-8-21(13-16-32-14-6-5-7-15-32)37-28(33)31-20-9-11-22(12-10-20)36-27-23-17-25(34-2)26(35-3)18-24(23)29-19-30-27/h9-12,17-19,21H,4-8,13-16H2,1-3H3,(H,31,33). The summed E-state index contributed by atoms with van der Waals surface area (Å²) in [5.41, 5.74) is 1.30. The van der Waals surface area contributed by atoms with Gasteiger partial charge >= 0.3 is 6.09 Å². The molecule has 198 valence electrons. The molecule has 1 aromatic heterocycles. The number of ether oxygens (including phenoxy) is 4. The fourth-order valence-corrected chi connectivity index (χ4v) is 4.55. The number of piperidine rings is 1. The average Bonchev–Trinajstić information content (AvgIpc) is 2.93. The first-order valence-electron chi connectivity index (χ1n) is 12.9. The van der Waals surface area contributed by atoms with E-state index in [1.807, 2.05) is 0 Å². The maximum absolute atomic E-state index is 12.6. The van der Waals surface area contributed by atoms with E-state index in [2.05, 4.69) is 27.1 Å². The topological polar surface area (TPSA) is 95.0 Å². The van der Waals surface area contributed by atoms with Crippen molar-refractivity contribution < 1.29 is 23.7 Å². The van der Waals surface area contributed by atoms with Crippen molar-refractivity contribution in [2.45, 2.75) is 51.6 Å². The van der Waals surface area contributed by atoms with Crippen molar-refractivity contribution in [2.24, 2.45) is 0 Å². The van der Waals surface area contributed by atoms with Crippen molar-refractivity contribution >= 4 is 22.7 Å². The second-order valence-electron chi connectivity index (χ2n) is 9.16. The Morgan fingerprint density at radius 1 is 1.00 bits per heavy atom. The van der Waals surface area contributed by atoms with Gasteiger partial charge in [-0.25, -0.2) is 14.8 Å². The number of methoxy groups -OCH3 is 2. The molecule has 0 aliphatic carbocycles. The number of amides is 1. The Morgan fingerprint density at radius 2 is 1.73 bits per heavy atom. The maximum Gasteiger partial charge on any atom is 0.411 e. The van der Waals surface area contributed by atoms with Crippen LogP contribution >= 0.6 is 0 Å². The number of hydrogen-bond acceptors (Lipinski definition) is 8. The van der Waals surface area contributed by atoms with Gasteiger partial charge in [0.25, 0.3) is 0 Å². The molecule has 9 nitrogen and oxygen atoms in total. The lowest BCUT2D eigenvalue weighted by Gasteiger charge is -2.28. The molecule has 1 unspecified atom stereocenters. The van der Waals surface area contributed by atoms with E-state index < -0.39 is 6.09 Å². The Kier molecular flexibility index (Phi) is 9.37. The van der Waals surface area contributed by atoms with Gasteiger partial charge in [-0.1, -0.05) is 19.8 Å². The molecule has 9 heteroatoms. The molecule has 1 amide bonds. The lowest BCUT2D eigenvalue weighted by atomic mass is 10.1. The van der Waals surface area contributed by atoms with Gasteiger partial charge in [0.1, 0.15) is 18.2 Å². The summed E-state index contributed by atoms with van der Waals surface area (Å²) in [6, 6.07) is 10.6. The normalized spacial score (nSPS) is 14.7. The van der Waals surface area contributed by atoms with Crippen LogP contribution in [0.15, 0.2) is 42.7 Å². The minimum absolute atomic E-state index is 0.0869. The van der Waals surface area contributed by atoms with Crippen LogP contribution in [-0.4, -0.2) is 60.9 Å². The third-order valence-corrected chi connectivity index (χ3v) is 6.52. The molecule has 0 spiro atoms. The Balaban J connectivity index is 1.35. The molecule has 1 aliphatic rings. The van der Waals surface area contributed by atoms with Crippen LogP contribution in [0.3, 0.4) is 0 Å². The zero-order valence-corrected chi connectivity index (χ0v) is 21.9. The van der Waals surface area contributed by atoms with Crippen LogP contribution in [0.2, 0.25) is 0 Å². The molecular weight excluding hydrogens is 472 g/mol. The van der Waals surface area contributed by atoms with Crippen molar-refractivity contribution in [3.05, 3.63) is 42.7 Å². The zero-order valence-electron chi connectivity index (χ0n) is 21.9. The highest BCUT2D eigenvalue weighted by Crippen LogP contribution is 2.35. The fourth-order valence-electron chi connectivity index (χ4n) is 4.55. The molecule has 1 aliphatic heterocycles. The molecule has 1 fully saturated rings. The third-order valence-electron chi connectivity index (χ3n) is 6.52. The highest BCUT2D eigenvalue weighted by atomic mass is 16.6. The summed E-state index contributed by atoms with van der Waals surface area (Å²) >= 11 is 0. The van der Waals surface area contributed by atoms with E-state index in [-0.39, 0.29) is 6.10 Å². The number of nitrogens with zero attached hydrogens (tertiary/aromatic N) is 3. The number of aromatic nitrogens is 2. The summed E-state index contributed by atoms with van der Waals surface area (Å²) in [7, 11) is 3.15. The van der Waals surface area contributed by atoms with Crippen molar-refractivity contribution in [3.63, 3.8) is 0 Å². The van der Waals surface area contributed by atoms with E-state index in [0.29, 0.717) is 39.7 Å². The SMILES string of the molecule is CCCC(CCN1CCCCC1)OC(=O)Nc1ccc(Oc2ncnc3cc(OC)c(OC)cc23)cc1. The molecular formula is C28H36N4O5. The van der Waals surface area contributed by atoms with Crippen molar-refractivity contribution in [3.8, 4) is 23.1 Å². The zero-order chi connectivity index (χ0) is 26.0. The van der Waals surface area contributed by atoms with Crippen LogP contribution in [0, 0.1) is 0 Å². The fraction of sp³-hybridized carbons (Fsp3) is 0.464. The predicted octanol–water partition coefficient (Wildman–Crippen LogP) is 6.03. The number of rotatable bonds is 11. The Labute approximate surface area is 218 Å². The number of fused-ring (bicyclic) bond motifs is 1. The lowest BCUT2D eigenvalue weighted by Crippen LogP contribution is -2.33. The Bertz CT molecular complexity index is 1170. The van der Waals surface area contributed by atoms with Crippen molar-refractivity contribution in [1.29, 1.82) is 0 Å². The molecule has 2 aromatic carbocycles. The number of hydrogen-bond donors (Lipinski definition) is 1. The van der Waals surface area contributed by atoms with Gasteiger partial charge in [-0.2, -0.15) is 0 Å². The van der Waals surface area contributed by atoms with E-state index in [4.69, 9.17) is 18.9 Å². The number of likely N-dealkylation sites (tertiary alicyclic amines) is 1. The van der Waals surface area contributed by atoms with Crippen LogP contribution in [-0.2, 0) is 4.74 Å². The van der Waals surface area contributed by atoms with Gasteiger partial charge in [-0.3, -0.25) is 5.32 Å². The molecule has 4 rings (SSSR count). The lowest BCUT2D eigenvalue weighted by molar-refractivity contribution is 0.0873. The molecule has 0 radical (unpaired) electrons. The van der Waals surface area contributed by atoms with Gasteiger partial charge in [0, 0.05) is 18.3 Å². The smallest absolute Gasteiger partial charge is 0.411 e. The number of benzene rings is 2. The van der Waals surface area contributed by atoms with Gasteiger partial charge in [-0.05, 0) is 69.1 Å². The quantitative estimate of drug-likeness (QED) is 0.335. The second kappa shape index (κ2) is 13.1. The molecule has 1 N–H and O–H groups in total. The number of carbonyl (C=O) groups is 1. The maximum atomic E-state index is 12.6. The number of carbonyl (C=O) groups excluding carboxylic acids is 1.